The van der Waals surface area contributed by atoms with Gasteiger partial charge in [-0.05, 0) is 66.1 Å². The third kappa shape index (κ3) is 5.21. The van der Waals surface area contributed by atoms with Gasteiger partial charge in [-0.3, -0.25) is 34.2 Å². The lowest BCUT2D eigenvalue weighted by molar-refractivity contribution is -0.136. The van der Waals surface area contributed by atoms with E-state index in [0.29, 0.717) is 16.8 Å². The summed E-state index contributed by atoms with van der Waals surface area (Å²) >= 11 is -0.290. The number of fused-ring (bicyclic) bond motifs is 1. The molecule has 0 saturated carbocycles. The van der Waals surface area contributed by atoms with Crippen LogP contribution in [0.1, 0.15) is 51.6 Å². The van der Waals surface area contributed by atoms with Crippen LogP contribution in [0, 0.1) is 0 Å². The Balaban J connectivity index is 1.63. The molecule has 2 N–H and O–H groups in total. The van der Waals surface area contributed by atoms with Crippen molar-refractivity contribution in [1.82, 2.24) is 10.2 Å². The number of carbonyl (C=O) groups is 5. The first-order valence-electron chi connectivity index (χ1n) is 10.4. The maximum atomic E-state index is 13.0. The molecule has 1 atom stereocenters. The molecule has 2 aromatic rings. The molecule has 182 valence electrons. The van der Waals surface area contributed by atoms with Crippen molar-refractivity contribution in [2.75, 3.05) is 5.32 Å². The van der Waals surface area contributed by atoms with Gasteiger partial charge in [-0.2, -0.15) is 13.2 Å². The number of hydrogen-bond donors (Lipinski definition) is 2. The molecule has 0 bridgehead atoms. The zero-order chi connectivity index (χ0) is 25.5. The van der Waals surface area contributed by atoms with Crippen LogP contribution in [0.15, 0.2) is 41.3 Å². The van der Waals surface area contributed by atoms with E-state index in [1.54, 1.807) is 6.07 Å². The van der Waals surface area contributed by atoms with Gasteiger partial charge < -0.3 is 5.32 Å². The van der Waals surface area contributed by atoms with Crippen LogP contribution >= 0.6 is 11.8 Å². The molecule has 5 amide bonds. The summed E-state index contributed by atoms with van der Waals surface area (Å²) in [5.41, 5.74) is -3.14. The van der Waals surface area contributed by atoms with E-state index in [9.17, 15) is 37.1 Å². The monoisotopic (exact) mass is 505 g/mol. The molecule has 1 fully saturated rings. The Morgan fingerprint density at radius 3 is 2.46 bits per heavy atom. The van der Waals surface area contributed by atoms with Crippen LogP contribution in [0.25, 0.3) is 0 Å². The Morgan fingerprint density at radius 2 is 1.80 bits per heavy atom. The maximum absolute atomic E-state index is 13.0. The summed E-state index contributed by atoms with van der Waals surface area (Å²) in [5, 5.41) is 4.70. The molecule has 35 heavy (non-hydrogen) atoms. The average Bonchev–Trinajstić information content (AvgIpc) is 2.99. The Morgan fingerprint density at radius 1 is 1.09 bits per heavy atom. The summed E-state index contributed by atoms with van der Waals surface area (Å²) in [6, 6.07) is 7.24. The van der Waals surface area contributed by atoms with Crippen molar-refractivity contribution in [1.29, 1.82) is 0 Å². The molecule has 4 rings (SSSR count). The van der Waals surface area contributed by atoms with Crippen molar-refractivity contribution in [3.8, 4) is 0 Å². The lowest BCUT2D eigenvalue weighted by Gasteiger charge is -2.27. The highest BCUT2D eigenvalue weighted by atomic mass is 32.2. The molecular weight excluding hydrogens is 487 g/mol. The zero-order valence-electron chi connectivity index (χ0n) is 18.2. The lowest BCUT2D eigenvalue weighted by atomic mass is 9.99. The molecule has 2 aromatic carbocycles. The van der Waals surface area contributed by atoms with Crippen LogP contribution in [0.5, 0.6) is 0 Å². The number of anilines is 1. The molecule has 12 heteroatoms. The minimum absolute atomic E-state index is 0.00668. The fourth-order valence-electron chi connectivity index (χ4n) is 4.07. The second-order valence-electron chi connectivity index (χ2n) is 8.05. The largest absolute Gasteiger partial charge is 0.446 e. The number of piperidine rings is 1. The van der Waals surface area contributed by atoms with E-state index in [4.69, 9.17) is 0 Å². The normalized spacial score (nSPS) is 17.9. The predicted molar refractivity (Wildman–Crippen MR) is 119 cm³/mol. The highest BCUT2D eigenvalue weighted by molar-refractivity contribution is 8.00. The summed E-state index contributed by atoms with van der Waals surface area (Å²) in [4.78, 5) is 61.8. The molecule has 0 spiro atoms. The molecule has 2 aliphatic heterocycles. The number of imide groups is 2. The van der Waals surface area contributed by atoms with Crippen molar-refractivity contribution in [3.05, 3.63) is 58.7 Å². The van der Waals surface area contributed by atoms with Gasteiger partial charge in [0.1, 0.15) is 6.04 Å². The quantitative estimate of drug-likeness (QED) is 0.477. The van der Waals surface area contributed by atoms with E-state index in [2.05, 4.69) is 10.6 Å². The van der Waals surface area contributed by atoms with Gasteiger partial charge >= 0.3 is 5.51 Å². The van der Waals surface area contributed by atoms with Crippen molar-refractivity contribution >= 4 is 47.0 Å². The number of amides is 5. The Labute approximate surface area is 201 Å². The lowest BCUT2D eigenvalue weighted by Crippen LogP contribution is -2.54. The van der Waals surface area contributed by atoms with Crippen LogP contribution < -0.4 is 10.6 Å². The van der Waals surface area contributed by atoms with E-state index in [1.807, 2.05) is 0 Å². The van der Waals surface area contributed by atoms with Crippen LogP contribution in [-0.4, -0.2) is 46.0 Å². The molecule has 1 unspecified atom stereocenters. The van der Waals surface area contributed by atoms with Crippen LogP contribution in [0.2, 0.25) is 0 Å². The van der Waals surface area contributed by atoms with E-state index in [-0.39, 0.29) is 47.0 Å². The second kappa shape index (κ2) is 9.17. The average molecular weight is 505 g/mol. The summed E-state index contributed by atoms with van der Waals surface area (Å²) in [7, 11) is 0. The summed E-state index contributed by atoms with van der Waals surface area (Å²) < 4.78 is 38.6. The van der Waals surface area contributed by atoms with Gasteiger partial charge in [0, 0.05) is 23.9 Å². The Kier molecular flexibility index (Phi) is 6.41. The number of benzene rings is 2. The number of nitrogens with zero attached hydrogens (tertiary/aromatic N) is 1. The number of carbonyl (C=O) groups excluding carboxylic acids is 5. The number of thioether (sulfide) groups is 1. The number of nitrogens with one attached hydrogen (secondary N) is 2. The van der Waals surface area contributed by atoms with Crippen molar-refractivity contribution in [2.45, 2.75) is 42.6 Å². The van der Waals surface area contributed by atoms with E-state index < -0.39 is 41.1 Å². The molecule has 0 radical (unpaired) electrons. The molecule has 2 heterocycles. The highest BCUT2D eigenvalue weighted by Gasteiger charge is 2.44. The number of rotatable bonds is 5. The SMILES string of the molecule is CC(=O)Nc1ccc(SC(F)(F)F)cc1Cc1ccc2c(c1)C(=O)N(C1CCC(=O)NC1=O)C2=O. The predicted octanol–water partition coefficient (Wildman–Crippen LogP) is 3.25. The molecule has 8 nitrogen and oxygen atoms in total. The number of alkyl halides is 3. The minimum Gasteiger partial charge on any atom is -0.326 e. The van der Waals surface area contributed by atoms with E-state index in [0.717, 1.165) is 4.90 Å². The molecular formula is C23H18F3N3O5S. The summed E-state index contributed by atoms with van der Waals surface area (Å²) in [6.45, 7) is 1.27. The third-order valence-electron chi connectivity index (χ3n) is 5.52. The number of halogens is 3. The Hall–Kier alpha value is -3.67. The van der Waals surface area contributed by atoms with Crippen molar-refractivity contribution < 1.29 is 37.1 Å². The maximum Gasteiger partial charge on any atom is 0.446 e. The third-order valence-corrected chi connectivity index (χ3v) is 6.24. The second-order valence-corrected chi connectivity index (χ2v) is 9.19. The van der Waals surface area contributed by atoms with Crippen molar-refractivity contribution in [2.24, 2.45) is 0 Å². The number of hydrogen-bond acceptors (Lipinski definition) is 6. The van der Waals surface area contributed by atoms with Crippen LogP contribution in [0.3, 0.4) is 0 Å². The fourth-order valence-corrected chi connectivity index (χ4v) is 4.68. The topological polar surface area (TPSA) is 113 Å². The van der Waals surface area contributed by atoms with Gasteiger partial charge in [0.15, 0.2) is 0 Å². The van der Waals surface area contributed by atoms with Crippen molar-refractivity contribution in [3.63, 3.8) is 0 Å². The first kappa shape index (κ1) is 24.5. The van der Waals surface area contributed by atoms with Gasteiger partial charge in [0.05, 0.1) is 11.1 Å². The van der Waals surface area contributed by atoms with E-state index in [1.165, 1.54) is 37.3 Å². The molecule has 1 saturated heterocycles. The zero-order valence-corrected chi connectivity index (χ0v) is 19.0. The smallest absolute Gasteiger partial charge is 0.326 e. The van der Waals surface area contributed by atoms with Gasteiger partial charge in [-0.1, -0.05) is 6.07 Å². The van der Waals surface area contributed by atoms with Crippen LogP contribution in [0.4, 0.5) is 18.9 Å². The van der Waals surface area contributed by atoms with Gasteiger partial charge in [0.2, 0.25) is 17.7 Å². The Bertz CT molecular complexity index is 1280. The first-order chi connectivity index (χ1) is 16.4. The highest BCUT2D eigenvalue weighted by Crippen LogP contribution is 2.38. The van der Waals surface area contributed by atoms with Gasteiger partial charge in [0.25, 0.3) is 11.8 Å². The van der Waals surface area contributed by atoms with E-state index >= 15 is 0 Å². The molecule has 0 aromatic heterocycles. The van der Waals surface area contributed by atoms with Crippen LogP contribution in [-0.2, 0) is 20.8 Å². The van der Waals surface area contributed by atoms with Gasteiger partial charge in [-0.15, -0.1) is 0 Å². The summed E-state index contributed by atoms with van der Waals surface area (Å²) in [6.07, 6.45) is 0.0784. The molecule has 0 aliphatic carbocycles. The fraction of sp³-hybridized carbons (Fsp3) is 0.261. The standard InChI is InChI=1S/C23H18F3N3O5S/c1-11(30)27-17-5-3-14(35-23(24,25)26)10-13(17)8-12-2-4-15-16(9-12)22(34)29(21(15)33)18-6-7-19(31)28-20(18)32/h2-5,9-10,18H,6-8H2,1H3,(H,27,30)(H,28,31,32). The van der Waals surface area contributed by atoms with Gasteiger partial charge in [-0.25, -0.2) is 0 Å². The first-order valence-corrected chi connectivity index (χ1v) is 11.3. The molecule has 2 aliphatic rings. The summed E-state index contributed by atoms with van der Waals surface area (Å²) in [5.74, 6) is -2.96. The minimum atomic E-state index is -4.49.